The number of carbonyl (C=O) groups excluding carboxylic acids is 1. The van der Waals surface area contributed by atoms with Crippen LogP contribution in [0.3, 0.4) is 0 Å². The molecule has 0 bridgehead atoms. The van der Waals surface area contributed by atoms with Crippen LogP contribution in [-0.4, -0.2) is 23.2 Å². The van der Waals surface area contributed by atoms with Gasteiger partial charge in [0.1, 0.15) is 0 Å². The van der Waals surface area contributed by atoms with Crippen LogP contribution in [0.1, 0.15) is 38.9 Å². The van der Waals surface area contributed by atoms with Crippen molar-refractivity contribution in [2.45, 2.75) is 19.6 Å². The summed E-state index contributed by atoms with van der Waals surface area (Å²) in [4.78, 5) is 14.9. The highest BCUT2D eigenvalue weighted by Crippen LogP contribution is 2.42. The molecule has 0 spiro atoms. The molecule has 1 aliphatic heterocycles. The number of fused-ring (bicyclic) bond motifs is 1. The average molecular weight is 333 g/mol. The van der Waals surface area contributed by atoms with Crippen LogP contribution in [0.4, 0.5) is 5.69 Å². The fourth-order valence-electron chi connectivity index (χ4n) is 3.38. The van der Waals surface area contributed by atoms with Gasteiger partial charge in [0.2, 0.25) is 0 Å². The highest BCUT2D eigenvalue weighted by molar-refractivity contribution is 6.10. The van der Waals surface area contributed by atoms with Crippen LogP contribution in [0, 0.1) is 6.92 Å². The summed E-state index contributed by atoms with van der Waals surface area (Å²) in [6, 6.07) is 17.8. The largest absolute Gasteiger partial charge is 0.378 e. The zero-order valence-electron chi connectivity index (χ0n) is 14.2. The molecular weight excluding hydrogens is 314 g/mol. The van der Waals surface area contributed by atoms with Crippen molar-refractivity contribution in [1.82, 2.24) is 10.2 Å². The summed E-state index contributed by atoms with van der Waals surface area (Å²) in [6.07, 6.45) is 0. The number of benzene rings is 2. The van der Waals surface area contributed by atoms with Crippen molar-refractivity contribution in [1.29, 1.82) is 0 Å². The minimum absolute atomic E-state index is 0.0922. The third-order valence-electron chi connectivity index (χ3n) is 4.55. The van der Waals surface area contributed by atoms with Crippen molar-refractivity contribution in [3.8, 4) is 0 Å². The zero-order valence-corrected chi connectivity index (χ0v) is 14.2. The molecule has 5 nitrogen and oxygen atoms in total. The van der Waals surface area contributed by atoms with Gasteiger partial charge < -0.3 is 4.74 Å². The second-order valence-electron chi connectivity index (χ2n) is 6.22. The first-order valence-corrected chi connectivity index (χ1v) is 8.22. The molecule has 1 amide bonds. The first-order valence-electron chi connectivity index (χ1n) is 8.22. The van der Waals surface area contributed by atoms with Crippen molar-refractivity contribution < 1.29 is 9.53 Å². The molecular formula is C20H19N3O2. The van der Waals surface area contributed by atoms with E-state index in [0.29, 0.717) is 12.3 Å². The average Bonchev–Trinajstić information content (AvgIpc) is 3.16. The summed E-state index contributed by atoms with van der Waals surface area (Å²) < 4.78 is 5.29. The maximum atomic E-state index is 13.1. The summed E-state index contributed by atoms with van der Waals surface area (Å²) >= 11 is 0. The number of carbonyl (C=O) groups is 1. The topological polar surface area (TPSA) is 58.2 Å². The Balaban J connectivity index is 1.89. The normalized spacial score (nSPS) is 16.3. The van der Waals surface area contributed by atoms with Gasteiger partial charge in [-0.3, -0.25) is 14.8 Å². The number of H-pyrrole nitrogens is 1. The molecule has 5 heteroatoms. The fourth-order valence-corrected chi connectivity index (χ4v) is 3.38. The smallest absolute Gasteiger partial charge is 0.280 e. The Labute approximate surface area is 146 Å². The Morgan fingerprint density at radius 2 is 1.84 bits per heavy atom. The lowest BCUT2D eigenvalue weighted by atomic mass is 9.98. The maximum absolute atomic E-state index is 13.1. The molecule has 0 radical (unpaired) electrons. The lowest BCUT2D eigenvalue weighted by Crippen LogP contribution is -2.29. The van der Waals surface area contributed by atoms with Crippen LogP contribution in [-0.2, 0) is 11.3 Å². The van der Waals surface area contributed by atoms with Gasteiger partial charge >= 0.3 is 0 Å². The zero-order chi connectivity index (χ0) is 17.4. The van der Waals surface area contributed by atoms with Crippen LogP contribution in [0.5, 0.6) is 0 Å². The Hall–Kier alpha value is -2.92. The highest BCUT2D eigenvalue weighted by atomic mass is 16.5. The van der Waals surface area contributed by atoms with Gasteiger partial charge in [0.25, 0.3) is 5.91 Å². The lowest BCUT2D eigenvalue weighted by molar-refractivity contribution is 0.0988. The number of aromatic nitrogens is 2. The van der Waals surface area contributed by atoms with Gasteiger partial charge in [0.05, 0.1) is 18.3 Å². The summed E-state index contributed by atoms with van der Waals surface area (Å²) in [7, 11) is 1.64. The molecule has 4 rings (SSSR count). The van der Waals surface area contributed by atoms with Crippen LogP contribution in [0.15, 0.2) is 54.6 Å². The molecule has 2 aromatic carbocycles. The number of methoxy groups -OCH3 is 1. The van der Waals surface area contributed by atoms with E-state index < -0.39 is 0 Å². The number of aromatic amines is 1. The number of aryl methyl sites for hydroxylation is 1. The summed E-state index contributed by atoms with van der Waals surface area (Å²) in [5.74, 6) is -0.0922. The fraction of sp³-hybridized carbons (Fsp3) is 0.200. The molecule has 1 aromatic heterocycles. The standard InChI is InChI=1S/C20H19N3O2/c1-13-8-10-14(11-9-13)19-17-16(12-25-2)21-22-18(17)20(24)23(19)15-6-4-3-5-7-15/h3-11,19H,12H2,1-2H3,(H,21,22). The van der Waals surface area contributed by atoms with Gasteiger partial charge in [-0.2, -0.15) is 5.10 Å². The molecule has 1 unspecified atom stereocenters. The van der Waals surface area contributed by atoms with Crippen LogP contribution in [0.2, 0.25) is 0 Å². The second kappa shape index (κ2) is 6.18. The number of para-hydroxylation sites is 1. The number of hydrogen-bond donors (Lipinski definition) is 1. The van der Waals surface area contributed by atoms with Crippen molar-refractivity contribution in [3.05, 3.63) is 82.7 Å². The minimum Gasteiger partial charge on any atom is -0.378 e. The van der Waals surface area contributed by atoms with E-state index in [1.165, 1.54) is 5.56 Å². The lowest BCUT2D eigenvalue weighted by Gasteiger charge is -2.26. The van der Waals surface area contributed by atoms with Crippen LogP contribution < -0.4 is 4.90 Å². The quantitative estimate of drug-likeness (QED) is 0.793. The number of amides is 1. The van der Waals surface area contributed by atoms with E-state index in [-0.39, 0.29) is 11.9 Å². The van der Waals surface area contributed by atoms with Crippen LogP contribution >= 0.6 is 0 Å². The van der Waals surface area contributed by atoms with Gasteiger partial charge in [-0.05, 0) is 24.6 Å². The van der Waals surface area contributed by atoms with Crippen molar-refractivity contribution >= 4 is 11.6 Å². The Morgan fingerprint density at radius 3 is 2.52 bits per heavy atom. The predicted molar refractivity (Wildman–Crippen MR) is 95.6 cm³/mol. The summed E-state index contributed by atoms with van der Waals surface area (Å²) in [5.41, 5.74) is 5.32. The number of hydrogen-bond acceptors (Lipinski definition) is 3. The summed E-state index contributed by atoms with van der Waals surface area (Å²) in [5, 5.41) is 7.24. The number of nitrogens with one attached hydrogen (secondary N) is 1. The number of rotatable bonds is 4. The number of ether oxygens (including phenoxy) is 1. The van der Waals surface area contributed by atoms with Crippen molar-refractivity contribution in [3.63, 3.8) is 0 Å². The van der Waals surface area contributed by atoms with Gasteiger partial charge in [0, 0.05) is 18.4 Å². The Morgan fingerprint density at radius 1 is 1.12 bits per heavy atom. The Bertz CT molecular complexity index is 900. The molecule has 3 aromatic rings. The third-order valence-corrected chi connectivity index (χ3v) is 4.55. The van der Waals surface area contributed by atoms with Crippen LogP contribution in [0.25, 0.3) is 0 Å². The first kappa shape index (κ1) is 15.6. The predicted octanol–water partition coefficient (Wildman–Crippen LogP) is 3.61. The van der Waals surface area contributed by atoms with E-state index in [2.05, 4.69) is 41.4 Å². The molecule has 1 atom stereocenters. The van der Waals surface area contributed by atoms with Gasteiger partial charge in [-0.15, -0.1) is 0 Å². The van der Waals surface area contributed by atoms with E-state index in [0.717, 1.165) is 22.5 Å². The SMILES string of the molecule is COCc1[nH]nc2c1C(c1ccc(C)cc1)N(c1ccccc1)C2=O. The maximum Gasteiger partial charge on any atom is 0.280 e. The third kappa shape index (κ3) is 2.53. The first-order chi connectivity index (χ1) is 12.2. The molecule has 1 aliphatic rings. The number of nitrogens with zero attached hydrogens (tertiary/aromatic N) is 2. The van der Waals surface area contributed by atoms with E-state index in [1.54, 1.807) is 7.11 Å². The Kier molecular flexibility index (Phi) is 3.86. The monoisotopic (exact) mass is 333 g/mol. The molecule has 25 heavy (non-hydrogen) atoms. The van der Waals surface area contributed by atoms with E-state index in [9.17, 15) is 4.79 Å². The second-order valence-corrected chi connectivity index (χ2v) is 6.22. The minimum atomic E-state index is -0.214. The number of anilines is 1. The molecule has 0 aliphatic carbocycles. The van der Waals surface area contributed by atoms with E-state index in [1.807, 2.05) is 35.2 Å². The van der Waals surface area contributed by atoms with E-state index >= 15 is 0 Å². The molecule has 0 saturated heterocycles. The van der Waals surface area contributed by atoms with Gasteiger partial charge in [0.15, 0.2) is 5.69 Å². The van der Waals surface area contributed by atoms with Crippen molar-refractivity contribution in [2.75, 3.05) is 12.0 Å². The molecule has 126 valence electrons. The van der Waals surface area contributed by atoms with Gasteiger partial charge in [-0.1, -0.05) is 48.0 Å². The molecule has 2 heterocycles. The summed E-state index contributed by atoms with van der Waals surface area (Å²) in [6.45, 7) is 2.44. The van der Waals surface area contributed by atoms with E-state index in [4.69, 9.17) is 4.74 Å². The highest BCUT2D eigenvalue weighted by Gasteiger charge is 2.42. The molecule has 0 fully saturated rings. The van der Waals surface area contributed by atoms with Crippen molar-refractivity contribution in [2.24, 2.45) is 0 Å². The van der Waals surface area contributed by atoms with Gasteiger partial charge in [-0.25, -0.2) is 0 Å². The molecule has 1 N–H and O–H groups in total. The molecule has 0 saturated carbocycles.